The third-order valence-corrected chi connectivity index (χ3v) is 6.36. The van der Waals surface area contributed by atoms with Crippen LogP contribution in [0.4, 0.5) is 10.2 Å². The van der Waals surface area contributed by atoms with Crippen molar-refractivity contribution in [1.29, 1.82) is 5.26 Å². The largest absolute Gasteiger partial charge is 0.375 e. The lowest BCUT2D eigenvalue weighted by Crippen LogP contribution is -2.52. The summed E-state index contributed by atoms with van der Waals surface area (Å²) in [5, 5.41) is 15.5. The van der Waals surface area contributed by atoms with Crippen molar-refractivity contribution < 1.29 is 9.13 Å². The van der Waals surface area contributed by atoms with Crippen LogP contribution in [0.5, 0.6) is 0 Å². The minimum Gasteiger partial charge on any atom is -0.375 e. The summed E-state index contributed by atoms with van der Waals surface area (Å²) in [6, 6.07) is 17.1. The fraction of sp³-hybridized carbons (Fsp3) is 0.321. The standard InChI is InChI=1S/C28H28FN5O/c29-22-14-20(7-9-30)13-21(15-22)16-31-10-3-4-12-35-23-18-34(19-23)28-25-8-11-32-17-26(25)24-5-1-2-6-27(24)33-28/h1-2,5-6,8,11,13-15,17,23,31H,3-4,7,10,12,16,18-19H2. The van der Waals surface area contributed by atoms with E-state index in [-0.39, 0.29) is 18.3 Å². The minimum absolute atomic E-state index is 0.221. The third kappa shape index (κ3) is 5.40. The lowest BCUT2D eigenvalue weighted by molar-refractivity contribution is 0.0321. The quantitative estimate of drug-likeness (QED) is 0.267. The predicted molar refractivity (Wildman–Crippen MR) is 136 cm³/mol. The number of nitrogens with one attached hydrogen (secondary N) is 1. The Morgan fingerprint density at radius 1 is 1.06 bits per heavy atom. The average molecular weight is 470 g/mol. The van der Waals surface area contributed by atoms with Crippen LogP contribution in [0, 0.1) is 17.1 Å². The first kappa shape index (κ1) is 23.2. The van der Waals surface area contributed by atoms with E-state index >= 15 is 0 Å². The van der Waals surface area contributed by atoms with Crippen LogP contribution in [0.2, 0.25) is 0 Å². The molecular formula is C28H28FN5O. The Morgan fingerprint density at radius 3 is 2.80 bits per heavy atom. The molecule has 0 aliphatic carbocycles. The molecule has 1 aliphatic rings. The first-order chi connectivity index (χ1) is 17.2. The van der Waals surface area contributed by atoms with Crippen molar-refractivity contribution in [1.82, 2.24) is 15.3 Å². The summed E-state index contributed by atoms with van der Waals surface area (Å²) in [7, 11) is 0. The molecule has 2 aromatic carbocycles. The SMILES string of the molecule is N#CCc1cc(F)cc(CNCCCCOC2CN(c3nc4ccccc4c4cnccc34)C2)c1. The molecule has 1 aliphatic heterocycles. The molecule has 0 atom stereocenters. The molecule has 0 unspecified atom stereocenters. The molecule has 3 heterocycles. The van der Waals surface area contributed by atoms with Crippen molar-refractivity contribution in [2.24, 2.45) is 0 Å². The van der Waals surface area contributed by atoms with Crippen molar-refractivity contribution in [3.8, 4) is 6.07 Å². The van der Waals surface area contributed by atoms with Crippen LogP contribution < -0.4 is 10.2 Å². The Bertz CT molecular complexity index is 1360. The third-order valence-electron chi connectivity index (χ3n) is 6.36. The van der Waals surface area contributed by atoms with Gasteiger partial charge in [0.1, 0.15) is 11.6 Å². The number of pyridine rings is 2. The van der Waals surface area contributed by atoms with Gasteiger partial charge < -0.3 is 15.0 Å². The lowest BCUT2D eigenvalue weighted by atomic mass is 10.1. The molecule has 0 radical (unpaired) electrons. The van der Waals surface area contributed by atoms with Crippen LogP contribution in [-0.2, 0) is 17.7 Å². The van der Waals surface area contributed by atoms with Crippen LogP contribution in [0.25, 0.3) is 21.7 Å². The zero-order valence-corrected chi connectivity index (χ0v) is 19.6. The molecule has 7 heteroatoms. The highest BCUT2D eigenvalue weighted by atomic mass is 19.1. The number of anilines is 1. The lowest BCUT2D eigenvalue weighted by Gasteiger charge is -2.40. The van der Waals surface area contributed by atoms with Gasteiger partial charge in [-0.1, -0.05) is 24.3 Å². The number of para-hydroxylation sites is 1. The Balaban J connectivity index is 1.05. The summed E-state index contributed by atoms with van der Waals surface area (Å²) >= 11 is 0. The molecular weight excluding hydrogens is 441 g/mol. The van der Waals surface area contributed by atoms with E-state index in [1.54, 1.807) is 0 Å². The zero-order chi connectivity index (χ0) is 24.0. The Kier molecular flexibility index (Phi) is 7.12. The molecule has 1 fully saturated rings. The second-order valence-corrected chi connectivity index (χ2v) is 8.96. The van der Waals surface area contributed by atoms with Gasteiger partial charge in [-0.2, -0.15) is 5.26 Å². The van der Waals surface area contributed by atoms with Gasteiger partial charge >= 0.3 is 0 Å². The number of unbranched alkanes of at least 4 members (excludes halogenated alkanes) is 1. The highest BCUT2D eigenvalue weighted by Crippen LogP contribution is 2.33. The summed E-state index contributed by atoms with van der Waals surface area (Å²) in [4.78, 5) is 11.5. The van der Waals surface area contributed by atoms with E-state index in [0.29, 0.717) is 6.54 Å². The van der Waals surface area contributed by atoms with Gasteiger partial charge in [0.25, 0.3) is 0 Å². The molecule has 1 N–H and O–H groups in total. The maximum Gasteiger partial charge on any atom is 0.137 e. The zero-order valence-electron chi connectivity index (χ0n) is 19.6. The number of nitrogens with zero attached hydrogens (tertiary/aromatic N) is 4. The van der Waals surface area contributed by atoms with Gasteiger partial charge in [-0.15, -0.1) is 0 Å². The fourth-order valence-corrected chi connectivity index (χ4v) is 4.58. The summed E-state index contributed by atoms with van der Waals surface area (Å²) in [5.74, 6) is 0.710. The molecule has 0 spiro atoms. The number of halogens is 1. The maximum absolute atomic E-state index is 13.7. The number of benzene rings is 2. The topological polar surface area (TPSA) is 74.1 Å². The van der Waals surface area contributed by atoms with Crippen molar-refractivity contribution >= 4 is 27.5 Å². The van der Waals surface area contributed by atoms with Crippen LogP contribution in [0.1, 0.15) is 24.0 Å². The molecule has 2 aromatic heterocycles. The molecule has 0 amide bonds. The van der Waals surface area contributed by atoms with Crippen molar-refractivity contribution in [3.05, 3.63) is 77.9 Å². The van der Waals surface area contributed by atoms with E-state index in [2.05, 4.69) is 27.3 Å². The van der Waals surface area contributed by atoms with Gasteiger partial charge in [-0.25, -0.2) is 9.37 Å². The van der Waals surface area contributed by atoms with Gasteiger partial charge in [0.05, 0.1) is 24.1 Å². The van der Waals surface area contributed by atoms with Gasteiger partial charge in [0, 0.05) is 54.8 Å². The second-order valence-electron chi connectivity index (χ2n) is 8.96. The van der Waals surface area contributed by atoms with E-state index in [4.69, 9.17) is 15.0 Å². The van der Waals surface area contributed by atoms with Crippen molar-refractivity contribution in [2.75, 3.05) is 31.1 Å². The second kappa shape index (κ2) is 10.8. The van der Waals surface area contributed by atoms with Crippen LogP contribution in [-0.4, -0.2) is 42.3 Å². The van der Waals surface area contributed by atoms with Crippen molar-refractivity contribution in [3.63, 3.8) is 0 Å². The molecule has 6 nitrogen and oxygen atoms in total. The first-order valence-electron chi connectivity index (χ1n) is 12.1. The van der Waals surface area contributed by atoms with Gasteiger partial charge in [0.2, 0.25) is 0 Å². The van der Waals surface area contributed by atoms with E-state index in [1.807, 2.05) is 42.7 Å². The molecule has 0 saturated carbocycles. The van der Waals surface area contributed by atoms with Crippen LogP contribution in [0.3, 0.4) is 0 Å². The molecule has 178 valence electrons. The summed E-state index contributed by atoms with van der Waals surface area (Å²) in [6.45, 7) is 3.83. The molecule has 35 heavy (non-hydrogen) atoms. The molecule has 5 rings (SSSR count). The summed E-state index contributed by atoms with van der Waals surface area (Å²) in [5.41, 5.74) is 2.57. The Labute approximate surface area is 204 Å². The van der Waals surface area contributed by atoms with Crippen LogP contribution in [0.15, 0.2) is 60.9 Å². The highest BCUT2D eigenvalue weighted by Gasteiger charge is 2.30. The molecule has 4 aromatic rings. The van der Waals surface area contributed by atoms with E-state index in [0.717, 1.165) is 77.7 Å². The smallest absolute Gasteiger partial charge is 0.137 e. The first-order valence-corrected chi connectivity index (χ1v) is 12.1. The normalized spacial score (nSPS) is 13.8. The monoisotopic (exact) mass is 469 g/mol. The highest BCUT2D eigenvalue weighted by molar-refractivity contribution is 6.09. The van der Waals surface area contributed by atoms with E-state index in [1.165, 1.54) is 12.1 Å². The fourth-order valence-electron chi connectivity index (χ4n) is 4.58. The number of fused-ring (bicyclic) bond motifs is 3. The molecule has 0 bridgehead atoms. The maximum atomic E-state index is 13.7. The van der Waals surface area contributed by atoms with Gasteiger partial charge in [-0.3, -0.25) is 4.98 Å². The van der Waals surface area contributed by atoms with E-state index in [9.17, 15) is 4.39 Å². The number of aromatic nitrogens is 2. The van der Waals surface area contributed by atoms with E-state index < -0.39 is 0 Å². The number of nitriles is 1. The minimum atomic E-state index is -0.291. The average Bonchev–Trinajstić information content (AvgIpc) is 2.84. The molecule has 1 saturated heterocycles. The summed E-state index contributed by atoms with van der Waals surface area (Å²) in [6.07, 6.45) is 6.15. The number of ether oxygens (including phenoxy) is 1. The van der Waals surface area contributed by atoms with Gasteiger partial charge in [0.15, 0.2) is 0 Å². The number of hydrogen-bond donors (Lipinski definition) is 1. The Hall–Kier alpha value is -3.60. The number of hydrogen-bond acceptors (Lipinski definition) is 6. The van der Waals surface area contributed by atoms with Gasteiger partial charge in [-0.05, 0) is 54.8 Å². The number of rotatable bonds is 10. The van der Waals surface area contributed by atoms with Crippen LogP contribution >= 0.6 is 0 Å². The van der Waals surface area contributed by atoms with Crippen molar-refractivity contribution in [2.45, 2.75) is 31.9 Å². The Morgan fingerprint density at radius 2 is 1.91 bits per heavy atom. The summed E-state index contributed by atoms with van der Waals surface area (Å²) < 4.78 is 19.7. The predicted octanol–water partition coefficient (Wildman–Crippen LogP) is 4.76.